The maximum Gasteiger partial charge on any atom is 0.161 e. The molecule has 0 radical (unpaired) electrons. The molecule has 5 nitrogen and oxygen atoms in total. The highest BCUT2D eigenvalue weighted by atomic mass is 32.1. The maximum atomic E-state index is 6.45. The first-order valence-electron chi connectivity index (χ1n) is 16.5. The molecule has 234 valence electrons. The Bertz CT molecular complexity index is 2810. The molecule has 50 heavy (non-hydrogen) atoms. The smallest absolute Gasteiger partial charge is 0.161 e. The van der Waals surface area contributed by atoms with Gasteiger partial charge in [-0.25, -0.2) is 19.9 Å². The van der Waals surface area contributed by atoms with Crippen LogP contribution in [0.2, 0.25) is 0 Å². The molecule has 0 spiro atoms. The highest BCUT2D eigenvalue weighted by molar-refractivity contribution is 7.26. The van der Waals surface area contributed by atoms with Gasteiger partial charge in [-0.3, -0.25) is 0 Å². The van der Waals surface area contributed by atoms with Crippen LogP contribution in [0.4, 0.5) is 0 Å². The van der Waals surface area contributed by atoms with Gasteiger partial charge in [-0.1, -0.05) is 121 Å². The molecule has 4 aromatic heterocycles. The van der Waals surface area contributed by atoms with Gasteiger partial charge in [0, 0.05) is 48.7 Å². The van der Waals surface area contributed by atoms with E-state index in [0.29, 0.717) is 11.6 Å². The fourth-order valence-corrected chi connectivity index (χ4v) is 7.90. The number of fused-ring (bicyclic) bond motifs is 6. The highest BCUT2D eigenvalue weighted by Gasteiger charge is 2.20. The third kappa shape index (κ3) is 4.77. The highest BCUT2D eigenvalue weighted by Crippen LogP contribution is 2.41. The van der Waals surface area contributed by atoms with Crippen LogP contribution in [0.25, 0.3) is 98.8 Å². The molecule has 0 aliphatic carbocycles. The van der Waals surface area contributed by atoms with Gasteiger partial charge in [0.05, 0.1) is 27.3 Å². The molecule has 10 rings (SSSR count). The van der Waals surface area contributed by atoms with Crippen LogP contribution >= 0.6 is 11.3 Å². The van der Waals surface area contributed by atoms with Gasteiger partial charge in [0.2, 0.25) is 0 Å². The minimum Gasteiger partial charge on any atom is -0.456 e. The van der Waals surface area contributed by atoms with Crippen molar-refractivity contribution in [3.05, 3.63) is 158 Å². The maximum absolute atomic E-state index is 6.45. The van der Waals surface area contributed by atoms with Crippen molar-refractivity contribution in [2.45, 2.75) is 0 Å². The lowest BCUT2D eigenvalue weighted by Gasteiger charge is -2.10. The molecular weight excluding hydrogens is 633 g/mol. The van der Waals surface area contributed by atoms with E-state index in [1.165, 1.54) is 4.70 Å². The van der Waals surface area contributed by atoms with Crippen molar-refractivity contribution < 1.29 is 4.42 Å². The number of hydrogen-bond acceptors (Lipinski definition) is 6. The molecule has 0 saturated carbocycles. The number of aromatic nitrogens is 4. The summed E-state index contributed by atoms with van der Waals surface area (Å²) in [5.41, 5.74) is 10.1. The average Bonchev–Trinajstić information content (AvgIpc) is 3.76. The van der Waals surface area contributed by atoms with Crippen molar-refractivity contribution in [1.29, 1.82) is 0 Å². The van der Waals surface area contributed by atoms with Crippen LogP contribution in [0.3, 0.4) is 0 Å². The summed E-state index contributed by atoms with van der Waals surface area (Å²) >= 11 is 1.74. The third-order valence-electron chi connectivity index (χ3n) is 9.13. The minimum absolute atomic E-state index is 0.637. The Labute approximate surface area is 291 Å². The van der Waals surface area contributed by atoms with Gasteiger partial charge in [0.1, 0.15) is 11.2 Å². The van der Waals surface area contributed by atoms with Gasteiger partial charge in [-0.15, -0.1) is 11.3 Å². The number of nitrogens with zero attached hydrogens (tertiary/aromatic N) is 4. The zero-order valence-corrected chi connectivity index (χ0v) is 27.4. The van der Waals surface area contributed by atoms with Crippen molar-refractivity contribution in [2.75, 3.05) is 0 Å². The number of thiophene rings is 1. The lowest BCUT2D eigenvalue weighted by molar-refractivity contribution is 0.669. The van der Waals surface area contributed by atoms with E-state index >= 15 is 0 Å². The van der Waals surface area contributed by atoms with E-state index in [4.69, 9.17) is 24.4 Å². The summed E-state index contributed by atoms with van der Waals surface area (Å²) in [7, 11) is 0. The second kappa shape index (κ2) is 11.6. The van der Waals surface area contributed by atoms with E-state index in [1.54, 1.807) is 11.3 Å². The second-order valence-electron chi connectivity index (χ2n) is 12.2. The average molecular weight is 659 g/mol. The first-order chi connectivity index (χ1) is 24.8. The molecule has 0 amide bonds. The predicted molar refractivity (Wildman–Crippen MR) is 205 cm³/mol. The minimum atomic E-state index is 0.637. The number of hydrogen-bond donors (Lipinski definition) is 0. The van der Waals surface area contributed by atoms with Crippen LogP contribution in [0.15, 0.2) is 162 Å². The fraction of sp³-hybridized carbons (Fsp3) is 0. The summed E-state index contributed by atoms with van der Waals surface area (Å²) in [4.78, 5) is 20.7. The van der Waals surface area contributed by atoms with Gasteiger partial charge in [0.15, 0.2) is 11.6 Å². The molecule has 0 unspecified atom stereocenters. The second-order valence-corrected chi connectivity index (χ2v) is 13.3. The zero-order chi connectivity index (χ0) is 33.0. The molecule has 6 aromatic carbocycles. The predicted octanol–water partition coefficient (Wildman–Crippen LogP) is 11.9. The molecule has 0 atom stereocenters. The zero-order valence-electron chi connectivity index (χ0n) is 26.6. The normalized spacial score (nSPS) is 11.6. The van der Waals surface area contributed by atoms with Crippen LogP contribution in [-0.2, 0) is 0 Å². The summed E-state index contributed by atoms with van der Waals surface area (Å²) in [5, 5.41) is 3.05. The van der Waals surface area contributed by atoms with E-state index in [2.05, 4.69) is 97.1 Å². The Morgan fingerprint density at radius 1 is 0.440 bits per heavy atom. The molecule has 0 aliphatic heterocycles. The van der Waals surface area contributed by atoms with Gasteiger partial charge in [-0.2, -0.15) is 0 Å². The lowest BCUT2D eigenvalue weighted by Crippen LogP contribution is -1.96. The summed E-state index contributed by atoms with van der Waals surface area (Å²) in [5.74, 6) is 1.31. The Hall–Kier alpha value is -6.50. The first kappa shape index (κ1) is 28.5. The van der Waals surface area contributed by atoms with Gasteiger partial charge < -0.3 is 4.42 Å². The Morgan fingerprint density at radius 3 is 1.82 bits per heavy atom. The van der Waals surface area contributed by atoms with Crippen LogP contribution in [0, 0.1) is 0 Å². The summed E-state index contributed by atoms with van der Waals surface area (Å²) in [6.07, 6.45) is 0. The van der Waals surface area contributed by atoms with Crippen LogP contribution in [0.5, 0.6) is 0 Å². The topological polar surface area (TPSA) is 64.7 Å². The molecular formula is C44H26N4OS. The number of rotatable bonds is 5. The van der Waals surface area contributed by atoms with Gasteiger partial charge in [-0.05, 0) is 36.4 Å². The molecule has 0 bridgehead atoms. The number of benzene rings is 6. The van der Waals surface area contributed by atoms with Crippen molar-refractivity contribution in [3.8, 4) is 56.5 Å². The van der Waals surface area contributed by atoms with Crippen molar-refractivity contribution in [3.63, 3.8) is 0 Å². The van der Waals surface area contributed by atoms with E-state index in [-0.39, 0.29) is 0 Å². The van der Waals surface area contributed by atoms with Crippen LogP contribution < -0.4 is 0 Å². The lowest BCUT2D eigenvalue weighted by atomic mass is 10.0. The molecule has 0 fully saturated rings. The first-order valence-corrected chi connectivity index (χ1v) is 17.3. The quantitative estimate of drug-likeness (QED) is 0.184. The summed E-state index contributed by atoms with van der Waals surface area (Å²) in [6.45, 7) is 0. The van der Waals surface area contributed by atoms with Gasteiger partial charge >= 0.3 is 0 Å². The van der Waals surface area contributed by atoms with Crippen LogP contribution in [-0.4, -0.2) is 19.9 Å². The molecule has 4 heterocycles. The molecule has 0 saturated heterocycles. The summed E-state index contributed by atoms with van der Waals surface area (Å²) in [6, 6.07) is 53.7. The number of furan rings is 1. The largest absolute Gasteiger partial charge is 0.456 e. The summed E-state index contributed by atoms with van der Waals surface area (Å²) < 4.78 is 8.73. The monoisotopic (exact) mass is 658 g/mol. The van der Waals surface area contributed by atoms with E-state index in [9.17, 15) is 0 Å². The molecule has 6 heteroatoms. The fourth-order valence-electron chi connectivity index (χ4n) is 6.75. The van der Waals surface area contributed by atoms with Crippen molar-refractivity contribution in [1.82, 2.24) is 19.9 Å². The SMILES string of the molecule is c1ccc(-c2cc(-c3ccccc3)nc(-c3cccc4oc5ccc(-c6nc(-c7ccccc7)c7sc8ccccc8c7n6)cc5c34)n2)cc1. The van der Waals surface area contributed by atoms with Crippen molar-refractivity contribution in [2.24, 2.45) is 0 Å². The van der Waals surface area contributed by atoms with E-state index in [0.717, 1.165) is 82.4 Å². The molecule has 0 N–H and O–H groups in total. The Kier molecular flexibility index (Phi) is 6.60. The third-order valence-corrected chi connectivity index (χ3v) is 10.3. The van der Waals surface area contributed by atoms with Crippen molar-refractivity contribution >= 4 is 53.6 Å². The van der Waals surface area contributed by atoms with E-state index in [1.807, 2.05) is 60.7 Å². The molecule has 10 aromatic rings. The van der Waals surface area contributed by atoms with E-state index < -0.39 is 0 Å². The Morgan fingerprint density at radius 2 is 1.10 bits per heavy atom. The Balaban J connectivity index is 1.20. The van der Waals surface area contributed by atoms with Gasteiger partial charge in [0.25, 0.3) is 0 Å². The molecule has 0 aliphatic rings. The standard InChI is InChI=1S/C44H26N4OS/c1-4-13-27(14-5-1)34-26-35(28-15-6-2-7-16-28)46-44(45-34)32-20-12-21-37-39(32)33-25-30(23-24-36(33)49-37)43-47-40(29-17-8-3-9-18-29)42-41(48-43)31-19-10-11-22-38(31)50-42/h1-26H. The van der Waals surface area contributed by atoms with Crippen LogP contribution in [0.1, 0.15) is 0 Å².